The van der Waals surface area contributed by atoms with Crippen molar-refractivity contribution in [1.29, 1.82) is 0 Å². The van der Waals surface area contributed by atoms with E-state index in [4.69, 9.17) is 0 Å². The molecule has 104 valence electrons. The molecule has 2 aromatic rings. The molecule has 1 heterocycles. The molecule has 1 aromatic carbocycles. The Morgan fingerprint density at radius 1 is 1.15 bits per heavy atom. The van der Waals surface area contributed by atoms with Gasteiger partial charge in [0.25, 0.3) is 5.91 Å². The maximum absolute atomic E-state index is 12.1. The van der Waals surface area contributed by atoms with Gasteiger partial charge in [-0.3, -0.25) is 9.78 Å². The number of rotatable bonds is 2. The van der Waals surface area contributed by atoms with Gasteiger partial charge in [0.1, 0.15) is 5.75 Å². The van der Waals surface area contributed by atoms with Crippen molar-refractivity contribution in [3.63, 3.8) is 0 Å². The van der Waals surface area contributed by atoms with Crippen LogP contribution < -0.4 is 5.32 Å². The lowest BCUT2D eigenvalue weighted by atomic mass is 9.87. The molecular formula is C16H18N2O2. The second-order valence-electron chi connectivity index (χ2n) is 5.67. The van der Waals surface area contributed by atoms with Gasteiger partial charge in [0, 0.05) is 18.0 Å². The SMILES string of the molecule is CC(C)(C)c1ccc(O)c(NC(=O)c2ccncc2)c1. The van der Waals surface area contributed by atoms with Crippen molar-refractivity contribution in [2.45, 2.75) is 26.2 Å². The van der Waals surface area contributed by atoms with Gasteiger partial charge in [-0.2, -0.15) is 0 Å². The quantitative estimate of drug-likeness (QED) is 0.823. The van der Waals surface area contributed by atoms with Crippen molar-refractivity contribution in [3.05, 3.63) is 53.9 Å². The predicted molar refractivity (Wildman–Crippen MR) is 79.0 cm³/mol. The van der Waals surface area contributed by atoms with Crippen LogP contribution in [-0.2, 0) is 5.41 Å². The van der Waals surface area contributed by atoms with Gasteiger partial charge in [0.05, 0.1) is 5.69 Å². The molecule has 0 aliphatic carbocycles. The van der Waals surface area contributed by atoms with Crippen LogP contribution in [0.5, 0.6) is 5.75 Å². The monoisotopic (exact) mass is 270 g/mol. The number of hydrogen-bond acceptors (Lipinski definition) is 3. The lowest BCUT2D eigenvalue weighted by molar-refractivity contribution is 0.102. The molecule has 0 fully saturated rings. The average Bonchev–Trinajstić information content (AvgIpc) is 2.41. The van der Waals surface area contributed by atoms with E-state index in [1.807, 2.05) is 6.07 Å². The third kappa shape index (κ3) is 3.15. The zero-order valence-corrected chi connectivity index (χ0v) is 11.8. The highest BCUT2D eigenvalue weighted by Gasteiger charge is 2.16. The van der Waals surface area contributed by atoms with Crippen LogP contribution in [0.1, 0.15) is 36.7 Å². The number of carbonyl (C=O) groups excluding carboxylic acids is 1. The number of aromatic hydroxyl groups is 1. The van der Waals surface area contributed by atoms with Crippen molar-refractivity contribution in [2.75, 3.05) is 5.32 Å². The molecule has 2 N–H and O–H groups in total. The molecule has 4 heteroatoms. The number of hydrogen-bond donors (Lipinski definition) is 2. The molecule has 20 heavy (non-hydrogen) atoms. The highest BCUT2D eigenvalue weighted by atomic mass is 16.3. The summed E-state index contributed by atoms with van der Waals surface area (Å²) >= 11 is 0. The van der Waals surface area contributed by atoms with Crippen LogP contribution in [0.15, 0.2) is 42.7 Å². The lowest BCUT2D eigenvalue weighted by Crippen LogP contribution is -2.15. The molecule has 0 atom stereocenters. The fourth-order valence-corrected chi connectivity index (χ4v) is 1.80. The summed E-state index contributed by atoms with van der Waals surface area (Å²) in [5.41, 5.74) is 1.91. The van der Waals surface area contributed by atoms with Gasteiger partial charge >= 0.3 is 0 Å². The number of nitrogens with one attached hydrogen (secondary N) is 1. The van der Waals surface area contributed by atoms with E-state index in [0.29, 0.717) is 11.3 Å². The molecule has 0 bridgehead atoms. The second kappa shape index (κ2) is 5.33. The Morgan fingerprint density at radius 2 is 1.80 bits per heavy atom. The summed E-state index contributed by atoms with van der Waals surface area (Å²) < 4.78 is 0. The fraction of sp³-hybridized carbons (Fsp3) is 0.250. The average molecular weight is 270 g/mol. The summed E-state index contributed by atoms with van der Waals surface area (Å²) in [6.45, 7) is 6.23. The zero-order valence-electron chi connectivity index (χ0n) is 11.8. The largest absolute Gasteiger partial charge is 0.506 e. The number of phenols is 1. The van der Waals surface area contributed by atoms with Gasteiger partial charge < -0.3 is 10.4 Å². The van der Waals surface area contributed by atoms with E-state index in [1.54, 1.807) is 36.7 Å². The van der Waals surface area contributed by atoms with Crippen LogP contribution in [0.2, 0.25) is 0 Å². The second-order valence-corrected chi connectivity index (χ2v) is 5.67. The number of phenolic OH excluding ortho intramolecular Hbond substituents is 1. The van der Waals surface area contributed by atoms with Crippen LogP contribution in [0.4, 0.5) is 5.69 Å². The Balaban J connectivity index is 2.27. The van der Waals surface area contributed by atoms with E-state index >= 15 is 0 Å². The molecule has 1 aromatic heterocycles. The van der Waals surface area contributed by atoms with Gasteiger partial charge in [-0.05, 0) is 35.2 Å². The molecule has 1 amide bonds. The Hall–Kier alpha value is -2.36. The van der Waals surface area contributed by atoms with Crippen LogP contribution in [0.25, 0.3) is 0 Å². The minimum absolute atomic E-state index is 0.0517. The van der Waals surface area contributed by atoms with E-state index in [9.17, 15) is 9.90 Å². The normalized spacial score (nSPS) is 11.2. The van der Waals surface area contributed by atoms with Gasteiger partial charge in [-0.1, -0.05) is 26.8 Å². The number of aromatic nitrogens is 1. The molecule has 0 aliphatic rings. The first kappa shape index (κ1) is 14.1. The minimum atomic E-state index is -0.270. The van der Waals surface area contributed by atoms with Crippen LogP contribution in [0.3, 0.4) is 0 Å². The molecule has 4 nitrogen and oxygen atoms in total. The van der Waals surface area contributed by atoms with Crippen LogP contribution in [-0.4, -0.2) is 16.0 Å². The highest BCUT2D eigenvalue weighted by molar-refractivity contribution is 6.04. The molecule has 2 rings (SSSR count). The molecule has 0 saturated heterocycles. The number of pyridine rings is 1. The summed E-state index contributed by atoms with van der Waals surface area (Å²) in [5, 5.41) is 12.6. The summed E-state index contributed by atoms with van der Waals surface area (Å²) in [4.78, 5) is 15.9. The summed E-state index contributed by atoms with van der Waals surface area (Å²) in [7, 11) is 0. The predicted octanol–water partition coefficient (Wildman–Crippen LogP) is 3.34. The maximum Gasteiger partial charge on any atom is 0.255 e. The van der Waals surface area contributed by atoms with Gasteiger partial charge in [0.2, 0.25) is 0 Å². The fourth-order valence-electron chi connectivity index (χ4n) is 1.80. The maximum atomic E-state index is 12.1. The molecule has 0 aliphatic heterocycles. The number of nitrogens with zero attached hydrogens (tertiary/aromatic N) is 1. The van der Waals surface area contributed by atoms with Gasteiger partial charge in [-0.25, -0.2) is 0 Å². The van der Waals surface area contributed by atoms with Gasteiger partial charge in [-0.15, -0.1) is 0 Å². The molecule has 0 spiro atoms. The van der Waals surface area contributed by atoms with E-state index in [-0.39, 0.29) is 17.1 Å². The van der Waals surface area contributed by atoms with E-state index < -0.39 is 0 Å². The number of benzene rings is 1. The van der Waals surface area contributed by atoms with E-state index in [2.05, 4.69) is 31.1 Å². The number of amides is 1. The number of carbonyl (C=O) groups is 1. The first-order valence-electron chi connectivity index (χ1n) is 6.43. The third-order valence-corrected chi connectivity index (χ3v) is 3.05. The minimum Gasteiger partial charge on any atom is -0.506 e. The van der Waals surface area contributed by atoms with Crippen molar-refractivity contribution in [1.82, 2.24) is 4.98 Å². The van der Waals surface area contributed by atoms with Crippen molar-refractivity contribution in [3.8, 4) is 5.75 Å². The van der Waals surface area contributed by atoms with E-state index in [0.717, 1.165) is 5.56 Å². The molecular weight excluding hydrogens is 252 g/mol. The topological polar surface area (TPSA) is 62.2 Å². The van der Waals surface area contributed by atoms with Crippen LogP contribution >= 0.6 is 0 Å². The van der Waals surface area contributed by atoms with Crippen molar-refractivity contribution < 1.29 is 9.90 Å². The Kier molecular flexibility index (Phi) is 3.74. The summed E-state index contributed by atoms with van der Waals surface area (Å²) in [6.07, 6.45) is 3.11. The summed E-state index contributed by atoms with van der Waals surface area (Å²) in [6, 6.07) is 8.51. The smallest absolute Gasteiger partial charge is 0.255 e. The zero-order chi connectivity index (χ0) is 14.8. The molecule has 0 radical (unpaired) electrons. The van der Waals surface area contributed by atoms with Crippen LogP contribution in [0, 0.1) is 0 Å². The molecule has 0 unspecified atom stereocenters. The Labute approximate surface area is 118 Å². The van der Waals surface area contributed by atoms with Crippen molar-refractivity contribution in [2.24, 2.45) is 0 Å². The number of anilines is 1. The third-order valence-electron chi connectivity index (χ3n) is 3.05. The first-order valence-corrected chi connectivity index (χ1v) is 6.43. The van der Waals surface area contributed by atoms with E-state index in [1.165, 1.54) is 0 Å². The Bertz CT molecular complexity index is 616. The lowest BCUT2D eigenvalue weighted by Gasteiger charge is -2.20. The summed E-state index contributed by atoms with van der Waals surface area (Å²) in [5.74, 6) is -0.214. The standard InChI is InChI=1S/C16H18N2O2/c1-16(2,3)12-4-5-14(19)13(10-12)18-15(20)11-6-8-17-9-7-11/h4-10,19H,1-3H3,(H,18,20). The van der Waals surface area contributed by atoms with Crippen molar-refractivity contribution >= 4 is 11.6 Å². The molecule has 0 saturated carbocycles. The van der Waals surface area contributed by atoms with Gasteiger partial charge in [0.15, 0.2) is 0 Å². The Morgan fingerprint density at radius 3 is 2.40 bits per heavy atom. The highest BCUT2D eigenvalue weighted by Crippen LogP contribution is 2.30. The first-order chi connectivity index (χ1) is 9.38.